The van der Waals surface area contributed by atoms with Crippen LogP contribution in [-0.4, -0.2) is 87.6 Å². The largest absolute Gasteiger partial charge is 0.481 e. The molecule has 244 valence electrons. The minimum absolute atomic E-state index is 0.296. The second-order valence-electron chi connectivity index (χ2n) is 12.0. The molecule has 2 aliphatic rings. The van der Waals surface area contributed by atoms with E-state index >= 15 is 0 Å². The standard InChI is InChI=1S/C32H42N4O9/c1-20(27(38)39)24(28(40)41)32(45-3)19-31(32,29(42)43)25(30(44-2)12-13-30)26(37)36-16-8-5-4-7-14-33-21-11-17-35-23(18-21)22-10-6-9-15-34-22/h6,9-11,15,17-18,20,24-25H,4-5,7-8,12-14,16,19H2,1-3H3,(H,33,35)(H,36,37)(H,38,39)(H,40,41)(H,42,43). The van der Waals surface area contributed by atoms with Crippen LogP contribution in [0, 0.1) is 23.2 Å². The number of hydrogen-bond donors (Lipinski definition) is 5. The van der Waals surface area contributed by atoms with Crippen LogP contribution in [0.15, 0.2) is 42.7 Å². The van der Waals surface area contributed by atoms with Crippen molar-refractivity contribution in [1.29, 1.82) is 0 Å². The van der Waals surface area contributed by atoms with Gasteiger partial charge >= 0.3 is 17.9 Å². The van der Waals surface area contributed by atoms with Crippen LogP contribution < -0.4 is 10.6 Å². The highest BCUT2D eigenvalue weighted by Crippen LogP contribution is 2.72. The molecule has 0 spiro atoms. The highest BCUT2D eigenvalue weighted by molar-refractivity contribution is 5.95. The highest BCUT2D eigenvalue weighted by Gasteiger charge is 2.85. The molecule has 0 aromatic carbocycles. The maximum Gasteiger partial charge on any atom is 0.313 e. The van der Waals surface area contributed by atoms with Gasteiger partial charge in [-0.25, -0.2) is 0 Å². The summed E-state index contributed by atoms with van der Waals surface area (Å²) in [6.07, 6.45) is 7.22. The van der Waals surface area contributed by atoms with Crippen molar-refractivity contribution < 1.29 is 44.0 Å². The first kappa shape index (κ1) is 33.8. The molecule has 2 aromatic heterocycles. The molecule has 2 heterocycles. The van der Waals surface area contributed by atoms with Gasteiger partial charge in [-0.1, -0.05) is 25.8 Å². The van der Waals surface area contributed by atoms with Crippen molar-refractivity contribution in [2.45, 2.75) is 63.1 Å². The topological polar surface area (TPSA) is 197 Å². The summed E-state index contributed by atoms with van der Waals surface area (Å²) in [7, 11) is 2.56. The molecule has 4 rings (SSSR count). The predicted molar refractivity (Wildman–Crippen MR) is 162 cm³/mol. The molecule has 2 aliphatic carbocycles. The second kappa shape index (κ2) is 13.9. The Balaban J connectivity index is 1.33. The third-order valence-electron chi connectivity index (χ3n) is 9.43. The zero-order valence-electron chi connectivity index (χ0n) is 25.8. The summed E-state index contributed by atoms with van der Waals surface area (Å²) in [6.45, 7) is 2.25. The molecule has 0 bridgehead atoms. The summed E-state index contributed by atoms with van der Waals surface area (Å²) < 4.78 is 11.3. The Morgan fingerprint density at radius 2 is 1.58 bits per heavy atom. The molecule has 0 saturated heterocycles. The maximum absolute atomic E-state index is 13.7. The lowest BCUT2D eigenvalue weighted by Gasteiger charge is -2.36. The van der Waals surface area contributed by atoms with Gasteiger partial charge in [-0.3, -0.25) is 29.1 Å². The Hall–Kier alpha value is -4.10. The van der Waals surface area contributed by atoms with Crippen LogP contribution in [0.5, 0.6) is 0 Å². The number of hydrogen-bond acceptors (Lipinski definition) is 9. The van der Waals surface area contributed by atoms with Crippen LogP contribution in [0.2, 0.25) is 0 Å². The molecule has 5 unspecified atom stereocenters. The number of unbranched alkanes of at least 4 members (excludes halogenated alkanes) is 3. The first-order valence-electron chi connectivity index (χ1n) is 15.2. The van der Waals surface area contributed by atoms with E-state index in [0.29, 0.717) is 25.8 Å². The van der Waals surface area contributed by atoms with Crippen LogP contribution >= 0.6 is 0 Å². The number of carbonyl (C=O) groups excluding carboxylic acids is 1. The molecule has 13 heteroatoms. The van der Waals surface area contributed by atoms with Gasteiger partial charge < -0.3 is 35.4 Å². The number of carboxylic acids is 3. The summed E-state index contributed by atoms with van der Waals surface area (Å²) >= 11 is 0. The fraction of sp³-hybridized carbons (Fsp3) is 0.562. The van der Waals surface area contributed by atoms with Gasteiger partial charge in [0.05, 0.1) is 34.7 Å². The number of amides is 1. The summed E-state index contributed by atoms with van der Waals surface area (Å²) in [5.74, 6) is -9.29. The van der Waals surface area contributed by atoms with E-state index in [1.807, 2.05) is 30.3 Å². The fourth-order valence-corrected chi connectivity index (χ4v) is 6.82. The lowest BCUT2D eigenvalue weighted by molar-refractivity contribution is -0.174. The number of pyridine rings is 2. The minimum atomic E-state index is -1.97. The first-order chi connectivity index (χ1) is 21.5. The molecule has 5 atom stereocenters. The number of anilines is 1. The van der Waals surface area contributed by atoms with Crippen molar-refractivity contribution in [2.75, 3.05) is 32.6 Å². The Kier molecular flexibility index (Phi) is 10.4. The Bertz CT molecular complexity index is 1390. The Morgan fingerprint density at radius 3 is 2.13 bits per heavy atom. The molecule has 0 aliphatic heterocycles. The van der Waals surface area contributed by atoms with Crippen LogP contribution in [0.25, 0.3) is 11.4 Å². The van der Waals surface area contributed by atoms with E-state index in [-0.39, 0.29) is 6.42 Å². The molecular formula is C32H42N4O9. The quantitative estimate of drug-likeness (QED) is 0.143. The van der Waals surface area contributed by atoms with E-state index in [1.54, 1.807) is 12.4 Å². The summed E-state index contributed by atoms with van der Waals surface area (Å²) in [6, 6.07) is 9.51. The van der Waals surface area contributed by atoms with Gasteiger partial charge in [0, 0.05) is 45.4 Å². The summed E-state index contributed by atoms with van der Waals surface area (Å²) in [5, 5.41) is 36.4. The van der Waals surface area contributed by atoms with E-state index in [1.165, 1.54) is 21.1 Å². The molecule has 45 heavy (non-hydrogen) atoms. The molecular weight excluding hydrogens is 584 g/mol. The van der Waals surface area contributed by atoms with Gasteiger partial charge in [0.15, 0.2) is 0 Å². The van der Waals surface area contributed by atoms with Crippen molar-refractivity contribution in [3.8, 4) is 11.4 Å². The number of carbonyl (C=O) groups is 4. The number of methoxy groups -OCH3 is 2. The van der Waals surface area contributed by atoms with Crippen LogP contribution in [0.3, 0.4) is 0 Å². The number of carboxylic acid groups (broad SMARTS) is 3. The van der Waals surface area contributed by atoms with Crippen LogP contribution in [-0.2, 0) is 28.7 Å². The van der Waals surface area contributed by atoms with E-state index in [0.717, 1.165) is 42.9 Å². The van der Waals surface area contributed by atoms with Crippen molar-refractivity contribution >= 4 is 29.5 Å². The van der Waals surface area contributed by atoms with Crippen molar-refractivity contribution in [3.05, 3.63) is 42.7 Å². The summed E-state index contributed by atoms with van der Waals surface area (Å²) in [5.41, 5.74) is -2.46. The number of ether oxygens (including phenoxy) is 2. The van der Waals surface area contributed by atoms with Gasteiger partial charge in [0.25, 0.3) is 0 Å². The van der Waals surface area contributed by atoms with Gasteiger partial charge in [-0.15, -0.1) is 0 Å². The zero-order valence-corrected chi connectivity index (χ0v) is 25.8. The molecule has 5 N–H and O–H groups in total. The molecule has 2 fully saturated rings. The van der Waals surface area contributed by atoms with E-state index < -0.39 is 58.2 Å². The Morgan fingerprint density at radius 1 is 0.889 bits per heavy atom. The second-order valence-corrected chi connectivity index (χ2v) is 12.0. The van der Waals surface area contributed by atoms with Gasteiger partial charge in [0.1, 0.15) is 11.0 Å². The average molecular weight is 627 g/mol. The molecule has 2 aromatic rings. The minimum Gasteiger partial charge on any atom is -0.481 e. The number of aliphatic carboxylic acids is 3. The van der Waals surface area contributed by atoms with Crippen molar-refractivity contribution in [3.63, 3.8) is 0 Å². The van der Waals surface area contributed by atoms with E-state index in [2.05, 4.69) is 20.6 Å². The van der Waals surface area contributed by atoms with Crippen molar-refractivity contribution in [2.24, 2.45) is 23.2 Å². The lowest BCUT2D eigenvalue weighted by Crippen LogP contribution is -2.54. The Labute approximate surface area is 261 Å². The third kappa shape index (κ3) is 6.64. The number of nitrogens with zero attached hydrogens (tertiary/aromatic N) is 2. The smallest absolute Gasteiger partial charge is 0.313 e. The average Bonchev–Trinajstić information content (AvgIpc) is 3.95. The van der Waals surface area contributed by atoms with Crippen LogP contribution in [0.1, 0.15) is 51.9 Å². The number of aromatic nitrogens is 2. The highest BCUT2D eigenvalue weighted by atomic mass is 16.5. The monoisotopic (exact) mass is 626 g/mol. The van der Waals surface area contributed by atoms with Crippen molar-refractivity contribution in [1.82, 2.24) is 15.3 Å². The predicted octanol–water partition coefficient (Wildman–Crippen LogP) is 3.31. The lowest BCUT2D eigenvalue weighted by atomic mass is 9.73. The van der Waals surface area contributed by atoms with Gasteiger partial charge in [-0.2, -0.15) is 0 Å². The zero-order chi connectivity index (χ0) is 32.8. The molecule has 13 nitrogen and oxygen atoms in total. The van der Waals surface area contributed by atoms with Gasteiger partial charge in [-0.05, 0) is 56.4 Å². The number of rotatable bonds is 19. The summed E-state index contributed by atoms with van der Waals surface area (Å²) in [4.78, 5) is 59.5. The van der Waals surface area contributed by atoms with E-state index in [9.17, 15) is 34.5 Å². The molecule has 0 radical (unpaired) electrons. The van der Waals surface area contributed by atoms with E-state index in [4.69, 9.17) is 9.47 Å². The SMILES string of the molecule is COC1(C(C(=O)NCCCCCCNc2ccnc(-c3ccccn3)c2)C2(C(=O)O)CC2(OC)C(C(=O)O)C(C)C(=O)O)CC1. The first-order valence-corrected chi connectivity index (χ1v) is 15.2. The maximum atomic E-state index is 13.7. The normalized spacial score (nSPS) is 23.3. The fourth-order valence-electron chi connectivity index (χ4n) is 6.82. The van der Waals surface area contributed by atoms with Crippen LogP contribution in [0.4, 0.5) is 5.69 Å². The molecule has 1 amide bonds. The number of nitrogens with one attached hydrogen (secondary N) is 2. The molecule has 2 saturated carbocycles. The third-order valence-corrected chi connectivity index (χ3v) is 9.43. The van der Waals surface area contributed by atoms with Gasteiger partial charge in [0.2, 0.25) is 5.91 Å².